The van der Waals surface area contributed by atoms with Gasteiger partial charge in [-0.2, -0.15) is 21.6 Å². The minimum atomic E-state index is -5.77. The van der Waals surface area contributed by atoms with Crippen molar-refractivity contribution >= 4 is 27.3 Å². The van der Waals surface area contributed by atoms with E-state index in [1.54, 1.807) is 17.5 Å². The molecule has 0 saturated heterocycles. The van der Waals surface area contributed by atoms with Crippen LogP contribution in [0, 0.1) is 0 Å². The number of hydrogen-bond donors (Lipinski definition) is 1. The zero-order valence-electron chi connectivity index (χ0n) is 9.34. The second kappa shape index (κ2) is 4.90. The van der Waals surface area contributed by atoms with Crippen molar-refractivity contribution in [3.63, 3.8) is 0 Å². The van der Waals surface area contributed by atoms with Gasteiger partial charge in [-0.3, -0.25) is 4.79 Å². The minimum Gasteiger partial charge on any atom is -0.350 e. The fourth-order valence-electron chi connectivity index (χ4n) is 1.15. The van der Waals surface area contributed by atoms with Crippen LogP contribution in [0.5, 0.6) is 0 Å². The number of thiophene rings is 1. The fraction of sp³-hybridized carbons (Fsp3) is 0.111. The van der Waals surface area contributed by atoms with E-state index >= 15 is 0 Å². The first-order valence-electron chi connectivity index (χ1n) is 4.85. The molecule has 108 valence electrons. The van der Waals surface area contributed by atoms with E-state index in [0.29, 0.717) is 4.88 Å². The van der Waals surface area contributed by atoms with E-state index in [9.17, 15) is 26.4 Å². The third-order valence-corrected chi connectivity index (χ3v) is 4.00. The summed E-state index contributed by atoms with van der Waals surface area (Å²) in [4.78, 5) is 12.0. The van der Waals surface area contributed by atoms with Crippen LogP contribution in [0.1, 0.15) is 10.6 Å². The average molecular weight is 326 g/mol. The number of nitrogens with zero attached hydrogens (tertiary/aromatic N) is 1. The smallest absolute Gasteiger partial charge is 0.350 e. The van der Waals surface area contributed by atoms with Gasteiger partial charge in [0, 0.05) is 6.07 Å². The molecule has 1 amide bonds. The van der Waals surface area contributed by atoms with Gasteiger partial charge < -0.3 is 4.52 Å². The number of sulfonamides is 1. The van der Waals surface area contributed by atoms with Crippen LogP contribution in [-0.4, -0.2) is 25.0 Å². The number of hydrogen-bond acceptors (Lipinski definition) is 6. The number of rotatable bonds is 3. The predicted molar refractivity (Wildman–Crippen MR) is 62.3 cm³/mol. The third kappa shape index (κ3) is 2.82. The number of aromatic nitrogens is 1. The van der Waals surface area contributed by atoms with E-state index in [-0.39, 0.29) is 5.69 Å². The molecule has 2 rings (SSSR count). The van der Waals surface area contributed by atoms with Gasteiger partial charge in [0.05, 0.1) is 4.88 Å². The fourth-order valence-corrected chi connectivity index (χ4v) is 2.29. The van der Waals surface area contributed by atoms with Crippen LogP contribution in [0.3, 0.4) is 0 Å². The summed E-state index contributed by atoms with van der Waals surface area (Å²) in [7, 11) is -5.77. The first kappa shape index (κ1) is 14.5. The van der Waals surface area contributed by atoms with E-state index in [2.05, 4.69) is 9.68 Å². The average Bonchev–Trinajstić information content (AvgIpc) is 2.98. The molecular weight excluding hydrogens is 321 g/mol. The molecule has 0 saturated carbocycles. The Balaban J connectivity index is 2.20. The van der Waals surface area contributed by atoms with Crippen molar-refractivity contribution in [1.82, 2.24) is 9.88 Å². The lowest BCUT2D eigenvalue weighted by Gasteiger charge is -2.07. The minimum absolute atomic E-state index is 0.217. The summed E-state index contributed by atoms with van der Waals surface area (Å²) in [5.74, 6) is -2.18. The number of nitrogens with one attached hydrogen (secondary N) is 1. The lowest BCUT2D eigenvalue weighted by atomic mass is 10.3. The van der Waals surface area contributed by atoms with Crippen LogP contribution in [0.15, 0.2) is 28.1 Å². The molecule has 0 aliphatic heterocycles. The van der Waals surface area contributed by atoms with Crippen molar-refractivity contribution in [2.24, 2.45) is 0 Å². The van der Waals surface area contributed by atoms with Gasteiger partial charge in [-0.25, -0.2) is 4.72 Å². The summed E-state index contributed by atoms with van der Waals surface area (Å²) in [5, 5.41) is 5.19. The molecule has 11 heteroatoms. The van der Waals surface area contributed by atoms with Crippen LogP contribution in [-0.2, 0) is 10.0 Å². The maximum atomic E-state index is 12.1. The number of alkyl halides is 3. The van der Waals surface area contributed by atoms with E-state index in [4.69, 9.17) is 0 Å². The standard InChI is InChI=1S/C9H5F3N2O4S2/c10-9(11,12)20(16,17)14-8(15)6-4-5(13-18-6)7-2-1-3-19-7/h1-4H,(H,14,15). The molecule has 2 aromatic heterocycles. The van der Waals surface area contributed by atoms with Crippen LogP contribution in [0.25, 0.3) is 10.6 Å². The highest BCUT2D eigenvalue weighted by atomic mass is 32.2. The lowest BCUT2D eigenvalue weighted by Crippen LogP contribution is -2.40. The first-order valence-corrected chi connectivity index (χ1v) is 7.21. The van der Waals surface area contributed by atoms with Crippen molar-refractivity contribution < 1.29 is 30.9 Å². The monoisotopic (exact) mass is 326 g/mol. The van der Waals surface area contributed by atoms with Gasteiger partial charge >= 0.3 is 21.4 Å². The molecule has 0 bridgehead atoms. The number of carbonyl (C=O) groups is 1. The molecular formula is C9H5F3N2O4S2. The number of halogens is 3. The summed E-state index contributed by atoms with van der Waals surface area (Å²) >= 11 is 1.27. The molecule has 2 aromatic rings. The van der Waals surface area contributed by atoms with Gasteiger partial charge in [0.2, 0.25) is 5.76 Å². The Morgan fingerprint density at radius 1 is 1.40 bits per heavy atom. The Kier molecular flexibility index (Phi) is 3.56. The van der Waals surface area contributed by atoms with E-state index < -0.39 is 27.2 Å². The highest BCUT2D eigenvalue weighted by Crippen LogP contribution is 2.25. The Labute approximate surface area is 114 Å². The maximum Gasteiger partial charge on any atom is 0.516 e. The largest absolute Gasteiger partial charge is 0.516 e. The van der Waals surface area contributed by atoms with Crippen molar-refractivity contribution in [3.8, 4) is 10.6 Å². The zero-order chi connectivity index (χ0) is 15.0. The van der Waals surface area contributed by atoms with Gasteiger partial charge in [0.15, 0.2) is 0 Å². The predicted octanol–water partition coefficient (Wildman–Crippen LogP) is 1.98. The second-order valence-corrected chi connectivity index (χ2v) is 6.06. The molecule has 0 radical (unpaired) electrons. The van der Waals surface area contributed by atoms with Gasteiger partial charge in [0.1, 0.15) is 5.69 Å². The lowest BCUT2D eigenvalue weighted by molar-refractivity contribution is -0.0446. The molecule has 0 unspecified atom stereocenters. The summed E-state index contributed by atoms with van der Waals surface area (Å²) in [6.45, 7) is 0. The normalized spacial score (nSPS) is 12.3. The van der Waals surface area contributed by atoms with Crippen LogP contribution < -0.4 is 4.72 Å². The molecule has 20 heavy (non-hydrogen) atoms. The van der Waals surface area contributed by atoms with E-state index in [1.807, 2.05) is 0 Å². The molecule has 6 nitrogen and oxygen atoms in total. The Morgan fingerprint density at radius 2 is 2.10 bits per heavy atom. The quantitative estimate of drug-likeness (QED) is 0.931. The number of carbonyl (C=O) groups excluding carboxylic acids is 1. The Morgan fingerprint density at radius 3 is 2.65 bits per heavy atom. The SMILES string of the molecule is O=C(NS(=O)(=O)C(F)(F)F)c1cc(-c2cccs2)no1. The molecule has 2 heterocycles. The molecule has 0 atom stereocenters. The topological polar surface area (TPSA) is 89.3 Å². The summed E-state index contributed by atoms with van der Waals surface area (Å²) < 4.78 is 63.2. The van der Waals surface area contributed by atoms with Gasteiger partial charge in [-0.05, 0) is 11.4 Å². The molecule has 0 aliphatic rings. The van der Waals surface area contributed by atoms with Crippen molar-refractivity contribution in [3.05, 3.63) is 29.3 Å². The molecule has 0 aliphatic carbocycles. The first-order chi connectivity index (χ1) is 9.21. The van der Waals surface area contributed by atoms with Crippen molar-refractivity contribution in [1.29, 1.82) is 0 Å². The molecule has 0 spiro atoms. The van der Waals surface area contributed by atoms with Gasteiger partial charge in [-0.15, -0.1) is 11.3 Å². The Bertz CT molecular complexity index is 719. The zero-order valence-corrected chi connectivity index (χ0v) is 11.0. The maximum absolute atomic E-state index is 12.1. The number of amides is 1. The summed E-state index contributed by atoms with van der Waals surface area (Å²) in [5.41, 5.74) is -5.37. The second-order valence-electron chi connectivity index (χ2n) is 3.43. The molecule has 0 aromatic carbocycles. The Hall–Kier alpha value is -1.88. The summed E-state index contributed by atoms with van der Waals surface area (Å²) in [6.07, 6.45) is 0. The summed E-state index contributed by atoms with van der Waals surface area (Å²) in [6, 6.07) is 4.40. The van der Waals surface area contributed by atoms with Gasteiger partial charge in [-0.1, -0.05) is 11.2 Å². The van der Waals surface area contributed by atoms with Crippen LogP contribution in [0.4, 0.5) is 13.2 Å². The van der Waals surface area contributed by atoms with Crippen LogP contribution >= 0.6 is 11.3 Å². The van der Waals surface area contributed by atoms with E-state index in [1.165, 1.54) is 11.3 Å². The van der Waals surface area contributed by atoms with Crippen molar-refractivity contribution in [2.45, 2.75) is 5.51 Å². The van der Waals surface area contributed by atoms with Crippen LogP contribution in [0.2, 0.25) is 0 Å². The third-order valence-electron chi connectivity index (χ3n) is 2.04. The highest BCUT2D eigenvalue weighted by Gasteiger charge is 2.47. The van der Waals surface area contributed by atoms with Crippen molar-refractivity contribution in [2.75, 3.05) is 0 Å². The highest BCUT2D eigenvalue weighted by molar-refractivity contribution is 7.90. The molecule has 0 fully saturated rings. The molecule has 1 N–H and O–H groups in total. The van der Waals surface area contributed by atoms with E-state index in [0.717, 1.165) is 10.8 Å². The van der Waals surface area contributed by atoms with Gasteiger partial charge in [0.25, 0.3) is 0 Å².